The highest BCUT2D eigenvalue weighted by molar-refractivity contribution is 7.15. The van der Waals surface area contributed by atoms with Crippen molar-refractivity contribution in [3.05, 3.63) is 35.0 Å². The number of nitrogens with zero attached hydrogens (tertiary/aromatic N) is 3. The van der Waals surface area contributed by atoms with Crippen LogP contribution < -0.4 is 5.32 Å². The number of aromatic nitrogens is 2. The fourth-order valence-corrected chi connectivity index (χ4v) is 3.54. The van der Waals surface area contributed by atoms with E-state index in [2.05, 4.69) is 27.3 Å². The van der Waals surface area contributed by atoms with Gasteiger partial charge >= 0.3 is 0 Å². The molecule has 3 heterocycles. The van der Waals surface area contributed by atoms with Crippen molar-refractivity contribution >= 4 is 22.3 Å². The summed E-state index contributed by atoms with van der Waals surface area (Å²) >= 11 is 1.64. The predicted octanol–water partition coefficient (Wildman–Crippen LogP) is 2.76. The molecule has 22 heavy (non-hydrogen) atoms. The monoisotopic (exact) mass is 318 g/mol. The predicted molar refractivity (Wildman–Crippen MR) is 89.9 cm³/mol. The summed E-state index contributed by atoms with van der Waals surface area (Å²) in [7, 11) is 0. The van der Waals surface area contributed by atoms with E-state index in [4.69, 9.17) is 10.1 Å². The maximum Gasteiger partial charge on any atom is 0.188 e. The first-order valence-electron chi connectivity index (χ1n) is 7.74. The molecule has 2 aromatic rings. The van der Waals surface area contributed by atoms with Crippen LogP contribution >= 0.6 is 11.3 Å². The summed E-state index contributed by atoms with van der Waals surface area (Å²) in [6.45, 7) is 5.15. The molecule has 2 aromatic heterocycles. The Hall–Kier alpha value is -1.50. The fourth-order valence-electron chi connectivity index (χ4n) is 2.86. The second kappa shape index (κ2) is 7.17. The second-order valence-electron chi connectivity index (χ2n) is 5.69. The largest absolute Gasteiger partial charge is 0.395 e. The van der Waals surface area contributed by atoms with Crippen molar-refractivity contribution in [3.8, 4) is 0 Å². The maximum atomic E-state index is 9.01. The van der Waals surface area contributed by atoms with Crippen LogP contribution in [0.1, 0.15) is 29.3 Å². The Morgan fingerprint density at radius 3 is 2.86 bits per heavy atom. The number of hydrogen-bond donors (Lipinski definition) is 2. The average molecular weight is 318 g/mol. The minimum Gasteiger partial charge on any atom is -0.395 e. The molecule has 0 saturated carbocycles. The van der Waals surface area contributed by atoms with Crippen molar-refractivity contribution in [1.82, 2.24) is 14.9 Å². The van der Waals surface area contributed by atoms with Crippen LogP contribution in [0.15, 0.2) is 24.4 Å². The van der Waals surface area contributed by atoms with E-state index in [0.717, 1.165) is 49.1 Å². The minimum atomic E-state index is 0.246. The third-order valence-electron chi connectivity index (χ3n) is 4.05. The summed E-state index contributed by atoms with van der Waals surface area (Å²) < 4.78 is 0. The zero-order valence-corrected chi connectivity index (χ0v) is 13.6. The molecule has 2 N–H and O–H groups in total. The van der Waals surface area contributed by atoms with E-state index in [-0.39, 0.29) is 6.61 Å². The van der Waals surface area contributed by atoms with E-state index >= 15 is 0 Å². The first-order valence-corrected chi connectivity index (χ1v) is 8.56. The summed E-state index contributed by atoms with van der Waals surface area (Å²) in [5.74, 6) is 1.37. The Kier molecular flexibility index (Phi) is 5.02. The average Bonchev–Trinajstić information content (AvgIpc) is 2.94. The summed E-state index contributed by atoms with van der Waals surface area (Å²) in [6.07, 6.45) is 4.08. The molecule has 0 bridgehead atoms. The van der Waals surface area contributed by atoms with Crippen LogP contribution in [0.5, 0.6) is 0 Å². The lowest BCUT2D eigenvalue weighted by Crippen LogP contribution is -2.35. The van der Waals surface area contributed by atoms with Crippen molar-refractivity contribution in [1.29, 1.82) is 0 Å². The lowest BCUT2D eigenvalue weighted by atomic mass is 9.93. The number of likely N-dealkylation sites (tertiary alicyclic amines) is 1. The quantitative estimate of drug-likeness (QED) is 0.887. The number of rotatable bonds is 5. The molecule has 0 unspecified atom stereocenters. The Morgan fingerprint density at radius 1 is 1.36 bits per heavy atom. The lowest BCUT2D eigenvalue weighted by Gasteiger charge is -2.31. The van der Waals surface area contributed by atoms with E-state index < -0.39 is 0 Å². The van der Waals surface area contributed by atoms with Gasteiger partial charge in [0.1, 0.15) is 5.82 Å². The summed E-state index contributed by atoms with van der Waals surface area (Å²) in [4.78, 5) is 12.6. The van der Waals surface area contributed by atoms with E-state index in [0.29, 0.717) is 5.92 Å². The topological polar surface area (TPSA) is 61.3 Å². The fraction of sp³-hybridized carbons (Fsp3) is 0.500. The molecule has 1 aliphatic heterocycles. The standard InChI is InChI=1S/C16H22N4OS/c1-12-11-17-16(22-12)19-15-4-2-3-14(18-15)13-5-7-20(8-6-13)9-10-21/h2-4,11,13,21H,5-10H2,1H3,(H,17,18,19). The van der Waals surface area contributed by atoms with Crippen molar-refractivity contribution in [2.75, 3.05) is 31.6 Å². The number of aliphatic hydroxyl groups is 1. The number of hydrogen-bond acceptors (Lipinski definition) is 6. The lowest BCUT2D eigenvalue weighted by molar-refractivity contribution is 0.163. The van der Waals surface area contributed by atoms with E-state index in [1.165, 1.54) is 4.88 Å². The Bertz CT molecular complexity index is 608. The molecular weight excluding hydrogens is 296 g/mol. The summed E-state index contributed by atoms with van der Waals surface area (Å²) in [5, 5.41) is 13.2. The van der Waals surface area contributed by atoms with Gasteiger partial charge in [0.05, 0.1) is 6.61 Å². The van der Waals surface area contributed by atoms with Crippen molar-refractivity contribution in [2.45, 2.75) is 25.7 Å². The third-order valence-corrected chi connectivity index (χ3v) is 4.88. The molecule has 118 valence electrons. The SMILES string of the molecule is Cc1cnc(Nc2cccc(C3CCN(CCO)CC3)n2)s1. The highest BCUT2D eigenvalue weighted by Crippen LogP contribution is 2.28. The number of β-amino-alcohol motifs (C(OH)–C–C–N with tert-alkyl or cyclic N) is 1. The number of nitrogens with one attached hydrogen (secondary N) is 1. The van der Waals surface area contributed by atoms with Gasteiger partial charge in [0, 0.05) is 29.2 Å². The highest BCUT2D eigenvalue weighted by Gasteiger charge is 2.21. The maximum absolute atomic E-state index is 9.01. The molecular formula is C16H22N4OS. The molecule has 0 radical (unpaired) electrons. The van der Waals surface area contributed by atoms with Crippen LogP contribution in [-0.2, 0) is 0 Å². The van der Waals surface area contributed by atoms with Crippen molar-refractivity contribution in [3.63, 3.8) is 0 Å². The molecule has 0 atom stereocenters. The van der Waals surface area contributed by atoms with Crippen LogP contribution in [0.4, 0.5) is 10.9 Å². The summed E-state index contributed by atoms with van der Waals surface area (Å²) in [6, 6.07) is 6.16. The number of aryl methyl sites for hydroxylation is 1. The van der Waals surface area contributed by atoms with Gasteiger partial charge < -0.3 is 15.3 Å². The van der Waals surface area contributed by atoms with Crippen molar-refractivity contribution < 1.29 is 5.11 Å². The second-order valence-corrected chi connectivity index (χ2v) is 6.92. The molecule has 5 nitrogen and oxygen atoms in total. The summed E-state index contributed by atoms with van der Waals surface area (Å²) in [5.41, 5.74) is 1.15. The highest BCUT2D eigenvalue weighted by atomic mass is 32.1. The minimum absolute atomic E-state index is 0.246. The van der Waals surface area contributed by atoms with Crippen LogP contribution in [0.2, 0.25) is 0 Å². The van der Waals surface area contributed by atoms with Gasteiger partial charge in [0.2, 0.25) is 0 Å². The van der Waals surface area contributed by atoms with Gasteiger partial charge in [0.25, 0.3) is 0 Å². The molecule has 0 spiro atoms. The number of thiazole rings is 1. The van der Waals surface area contributed by atoms with Crippen LogP contribution in [0.25, 0.3) is 0 Å². The molecule has 0 aromatic carbocycles. The number of anilines is 2. The molecule has 1 fully saturated rings. The molecule has 0 amide bonds. The van der Waals surface area contributed by atoms with Gasteiger partial charge in [-0.2, -0.15) is 0 Å². The van der Waals surface area contributed by atoms with Gasteiger partial charge in [-0.1, -0.05) is 6.07 Å². The van der Waals surface area contributed by atoms with Gasteiger partial charge in [-0.05, 0) is 45.0 Å². The number of aliphatic hydroxyl groups excluding tert-OH is 1. The molecule has 6 heteroatoms. The third kappa shape index (κ3) is 3.82. The van der Waals surface area contributed by atoms with Crippen LogP contribution in [-0.4, -0.2) is 46.2 Å². The number of piperidine rings is 1. The van der Waals surface area contributed by atoms with Gasteiger partial charge in [-0.25, -0.2) is 9.97 Å². The normalized spacial score (nSPS) is 16.8. The first-order chi connectivity index (χ1) is 10.7. The Balaban J connectivity index is 1.64. The molecule has 1 saturated heterocycles. The van der Waals surface area contributed by atoms with E-state index in [9.17, 15) is 0 Å². The van der Waals surface area contributed by atoms with Crippen LogP contribution in [0.3, 0.4) is 0 Å². The van der Waals surface area contributed by atoms with Crippen molar-refractivity contribution in [2.24, 2.45) is 0 Å². The molecule has 1 aliphatic rings. The zero-order valence-electron chi connectivity index (χ0n) is 12.8. The molecule has 0 aliphatic carbocycles. The Labute approximate surface area is 135 Å². The smallest absolute Gasteiger partial charge is 0.188 e. The van der Waals surface area contributed by atoms with Gasteiger partial charge in [-0.15, -0.1) is 11.3 Å². The van der Waals surface area contributed by atoms with Gasteiger partial charge in [0.15, 0.2) is 5.13 Å². The first kappa shape index (κ1) is 15.4. The van der Waals surface area contributed by atoms with Crippen LogP contribution in [0, 0.1) is 6.92 Å². The zero-order chi connectivity index (χ0) is 15.4. The molecule has 3 rings (SSSR count). The Morgan fingerprint density at radius 2 is 2.18 bits per heavy atom. The van der Waals surface area contributed by atoms with Gasteiger partial charge in [-0.3, -0.25) is 0 Å². The number of pyridine rings is 1. The van der Waals surface area contributed by atoms with E-state index in [1.807, 2.05) is 19.2 Å². The van der Waals surface area contributed by atoms with E-state index in [1.54, 1.807) is 11.3 Å².